The zero-order valence-electron chi connectivity index (χ0n) is 14.2. The predicted octanol–water partition coefficient (Wildman–Crippen LogP) is 4.12. The number of nitrogens with zero attached hydrogens (tertiary/aromatic N) is 2. The van der Waals surface area contributed by atoms with Crippen LogP contribution in [0, 0.1) is 0 Å². The van der Waals surface area contributed by atoms with E-state index in [1.165, 1.54) is 0 Å². The molecule has 3 N–H and O–H groups in total. The summed E-state index contributed by atoms with van der Waals surface area (Å²) in [5, 5.41) is 3.65. The molecule has 130 valence electrons. The molecule has 3 aromatic rings. The average Bonchev–Trinajstić information content (AvgIpc) is 3.11. The van der Waals surface area contributed by atoms with E-state index in [4.69, 9.17) is 0 Å². The van der Waals surface area contributed by atoms with Gasteiger partial charge in [-0.1, -0.05) is 26.0 Å². The summed E-state index contributed by atoms with van der Waals surface area (Å²) in [7, 11) is 0. The largest absolute Gasteiger partial charge is 0.346 e. The van der Waals surface area contributed by atoms with Gasteiger partial charge in [-0.25, -0.2) is 9.29 Å². The van der Waals surface area contributed by atoms with Gasteiger partial charge in [-0.15, -0.1) is 0 Å². The third-order valence-electron chi connectivity index (χ3n) is 3.93. The predicted molar refractivity (Wildman–Crippen MR) is 105 cm³/mol. The molecule has 1 amide bonds. The number of benzene rings is 1. The quantitative estimate of drug-likeness (QED) is 0.419. The van der Waals surface area contributed by atoms with Gasteiger partial charge in [-0.2, -0.15) is 0 Å². The summed E-state index contributed by atoms with van der Waals surface area (Å²) in [6.45, 7) is 6.25. The van der Waals surface area contributed by atoms with Crippen molar-refractivity contribution in [2.75, 3.05) is 23.1 Å². The zero-order chi connectivity index (χ0) is 17.6. The van der Waals surface area contributed by atoms with Crippen LogP contribution >= 0.6 is 12.1 Å². The molecule has 0 radical (unpaired) electrons. The summed E-state index contributed by atoms with van der Waals surface area (Å²) in [5.41, 5.74) is 3.89. The molecule has 0 saturated heterocycles. The number of carbonyl (C=O) groups excluding carboxylic acids is 1. The Balaban J connectivity index is 1.85. The number of hydrogen-bond donors (Lipinski definition) is 3. The number of aromatic amines is 1. The number of carbonyl (C=O) groups is 1. The topological polar surface area (TPSA) is 73.0 Å². The van der Waals surface area contributed by atoms with Gasteiger partial charge in [0.05, 0.1) is 0 Å². The SMILES string of the molecule is CCN(CC)SNc1ccc(-c2cc(NC=O)nc3[nH]ccc23)cc1. The summed E-state index contributed by atoms with van der Waals surface area (Å²) in [4.78, 5) is 18.2. The number of pyridine rings is 1. The highest BCUT2D eigenvalue weighted by molar-refractivity contribution is 7.98. The molecule has 2 heterocycles. The first-order chi connectivity index (χ1) is 12.2. The minimum Gasteiger partial charge on any atom is -0.346 e. The lowest BCUT2D eigenvalue weighted by molar-refractivity contribution is -0.105. The van der Waals surface area contributed by atoms with Crippen LogP contribution in [0.15, 0.2) is 42.6 Å². The molecule has 0 unspecified atom stereocenters. The number of fused-ring (bicyclic) bond motifs is 1. The number of aromatic nitrogens is 2. The van der Waals surface area contributed by atoms with E-state index in [-0.39, 0.29) is 0 Å². The van der Waals surface area contributed by atoms with Crippen LogP contribution in [-0.2, 0) is 4.79 Å². The van der Waals surface area contributed by atoms with E-state index >= 15 is 0 Å². The fourth-order valence-electron chi connectivity index (χ4n) is 2.60. The van der Waals surface area contributed by atoms with E-state index in [0.717, 1.165) is 40.9 Å². The smallest absolute Gasteiger partial charge is 0.212 e. The Morgan fingerprint density at radius 3 is 2.64 bits per heavy atom. The summed E-state index contributed by atoms with van der Waals surface area (Å²) in [6.07, 6.45) is 2.49. The number of H-pyrrole nitrogens is 1. The number of anilines is 2. The third kappa shape index (κ3) is 3.94. The molecule has 1 aromatic carbocycles. The van der Waals surface area contributed by atoms with Gasteiger partial charge in [0.25, 0.3) is 0 Å². The highest BCUT2D eigenvalue weighted by atomic mass is 32.2. The van der Waals surface area contributed by atoms with Crippen molar-refractivity contribution in [3.63, 3.8) is 0 Å². The van der Waals surface area contributed by atoms with Crippen molar-refractivity contribution >= 4 is 41.1 Å². The molecule has 0 fully saturated rings. The maximum absolute atomic E-state index is 10.7. The van der Waals surface area contributed by atoms with Gasteiger partial charge in [0.2, 0.25) is 6.41 Å². The van der Waals surface area contributed by atoms with Crippen LogP contribution in [0.25, 0.3) is 22.2 Å². The summed E-state index contributed by atoms with van der Waals surface area (Å²) in [6, 6.07) is 12.1. The summed E-state index contributed by atoms with van der Waals surface area (Å²) < 4.78 is 5.59. The third-order valence-corrected chi connectivity index (χ3v) is 5.03. The van der Waals surface area contributed by atoms with Crippen LogP contribution in [0.3, 0.4) is 0 Å². The van der Waals surface area contributed by atoms with E-state index in [2.05, 4.69) is 62.4 Å². The molecule has 0 aliphatic carbocycles. The Bertz CT molecular complexity index is 842. The molecule has 6 nitrogen and oxygen atoms in total. The van der Waals surface area contributed by atoms with Crippen molar-refractivity contribution in [1.29, 1.82) is 0 Å². The van der Waals surface area contributed by atoms with Crippen molar-refractivity contribution in [1.82, 2.24) is 14.3 Å². The lowest BCUT2D eigenvalue weighted by atomic mass is 10.0. The fourth-order valence-corrected chi connectivity index (χ4v) is 3.23. The Hall–Kier alpha value is -2.51. The Kier molecular flexibility index (Phi) is 5.57. The monoisotopic (exact) mass is 355 g/mol. The van der Waals surface area contributed by atoms with E-state index in [1.54, 1.807) is 12.1 Å². The van der Waals surface area contributed by atoms with Crippen LogP contribution in [0.4, 0.5) is 11.5 Å². The molecule has 25 heavy (non-hydrogen) atoms. The first-order valence-electron chi connectivity index (χ1n) is 8.21. The lowest BCUT2D eigenvalue weighted by Crippen LogP contribution is -2.16. The second-order valence-electron chi connectivity index (χ2n) is 5.44. The molecular formula is C18H21N5OS. The van der Waals surface area contributed by atoms with Gasteiger partial charge in [0.1, 0.15) is 11.5 Å². The van der Waals surface area contributed by atoms with E-state index in [0.29, 0.717) is 12.2 Å². The fraction of sp³-hybridized carbons (Fsp3) is 0.222. The van der Waals surface area contributed by atoms with E-state index < -0.39 is 0 Å². The van der Waals surface area contributed by atoms with Crippen molar-refractivity contribution < 1.29 is 4.79 Å². The molecule has 0 aliphatic rings. The van der Waals surface area contributed by atoms with E-state index in [1.807, 2.05) is 18.3 Å². The minimum atomic E-state index is 0.527. The Labute approximate surface area is 151 Å². The molecule has 0 aliphatic heterocycles. The molecule has 0 spiro atoms. The van der Waals surface area contributed by atoms with Crippen molar-refractivity contribution in [2.24, 2.45) is 0 Å². The second kappa shape index (κ2) is 8.04. The standard InChI is InChI=1S/C18H21N5OS/c1-3-23(4-2)25-22-14-7-5-13(6-8-14)16-11-17(20-12-24)21-18-15(16)9-10-19-18/h5-12,22H,3-4H2,1-2H3,(H2,19,20,21,24). The highest BCUT2D eigenvalue weighted by Gasteiger charge is 2.09. The molecule has 0 saturated carbocycles. The van der Waals surface area contributed by atoms with Crippen LogP contribution in [0.2, 0.25) is 0 Å². The summed E-state index contributed by atoms with van der Waals surface area (Å²) in [5.74, 6) is 0.527. The van der Waals surface area contributed by atoms with Crippen LogP contribution in [0.5, 0.6) is 0 Å². The molecule has 7 heteroatoms. The minimum absolute atomic E-state index is 0.527. The molecule has 0 atom stereocenters. The molecule has 2 aromatic heterocycles. The zero-order valence-corrected chi connectivity index (χ0v) is 15.1. The summed E-state index contributed by atoms with van der Waals surface area (Å²) >= 11 is 1.61. The number of rotatable bonds is 8. The second-order valence-corrected chi connectivity index (χ2v) is 6.35. The molecule has 3 rings (SSSR count). The maximum Gasteiger partial charge on any atom is 0.212 e. The number of hydrogen-bond acceptors (Lipinski definition) is 5. The number of nitrogens with one attached hydrogen (secondary N) is 3. The highest BCUT2D eigenvalue weighted by Crippen LogP contribution is 2.31. The number of amides is 1. The van der Waals surface area contributed by atoms with Gasteiger partial charge in [-0.3, -0.25) is 4.79 Å². The first-order valence-corrected chi connectivity index (χ1v) is 8.99. The van der Waals surface area contributed by atoms with Gasteiger partial charge >= 0.3 is 0 Å². The van der Waals surface area contributed by atoms with Crippen LogP contribution < -0.4 is 10.0 Å². The van der Waals surface area contributed by atoms with Crippen molar-refractivity contribution in [3.05, 3.63) is 42.6 Å². The Morgan fingerprint density at radius 1 is 1.20 bits per heavy atom. The van der Waals surface area contributed by atoms with E-state index in [9.17, 15) is 4.79 Å². The molecular weight excluding hydrogens is 334 g/mol. The molecule has 0 bridgehead atoms. The van der Waals surface area contributed by atoms with Gasteiger partial charge in [0.15, 0.2) is 0 Å². The van der Waals surface area contributed by atoms with Crippen LogP contribution in [0.1, 0.15) is 13.8 Å². The van der Waals surface area contributed by atoms with Crippen molar-refractivity contribution in [3.8, 4) is 11.1 Å². The maximum atomic E-state index is 10.7. The van der Waals surface area contributed by atoms with Gasteiger partial charge in [0, 0.05) is 42.5 Å². The first kappa shape index (κ1) is 17.3. The normalized spacial score (nSPS) is 11.0. The van der Waals surface area contributed by atoms with Gasteiger partial charge < -0.3 is 15.0 Å². The lowest BCUT2D eigenvalue weighted by Gasteiger charge is -2.17. The van der Waals surface area contributed by atoms with Gasteiger partial charge in [-0.05, 0) is 35.4 Å². The van der Waals surface area contributed by atoms with Crippen molar-refractivity contribution in [2.45, 2.75) is 13.8 Å². The van der Waals surface area contributed by atoms with Crippen LogP contribution in [-0.4, -0.2) is 33.8 Å². The average molecular weight is 355 g/mol. The Morgan fingerprint density at radius 2 is 1.96 bits per heavy atom.